The molecule has 1 amide bonds. The number of hydrogen-bond acceptors (Lipinski definition) is 5. The molecule has 7 heteroatoms. The number of nitrogens with one attached hydrogen (secondary N) is 2. The highest BCUT2D eigenvalue weighted by molar-refractivity contribution is 9.10. The number of ether oxygens (including phenoxy) is 1. The van der Waals surface area contributed by atoms with E-state index in [1.807, 2.05) is 24.3 Å². The number of hydrogen-bond donors (Lipinski definition) is 2. The van der Waals surface area contributed by atoms with Crippen molar-refractivity contribution in [1.29, 1.82) is 0 Å². The molecule has 2 rings (SSSR count). The number of carbonyl (C=O) groups is 1. The monoisotopic (exact) mass is 350 g/mol. The summed E-state index contributed by atoms with van der Waals surface area (Å²) < 4.78 is 5.73. The summed E-state index contributed by atoms with van der Waals surface area (Å²) in [6.07, 6.45) is 2.96. The van der Waals surface area contributed by atoms with Gasteiger partial charge in [0.05, 0.1) is 17.9 Å². The third-order valence-corrected chi connectivity index (χ3v) is 3.32. The van der Waals surface area contributed by atoms with Gasteiger partial charge in [0.2, 0.25) is 5.95 Å². The third kappa shape index (κ3) is 4.51. The van der Waals surface area contributed by atoms with Crippen molar-refractivity contribution in [2.24, 2.45) is 0 Å². The number of carbonyl (C=O) groups excluding carboxylic acids is 1. The predicted molar refractivity (Wildman–Crippen MR) is 84.5 cm³/mol. The van der Waals surface area contributed by atoms with E-state index in [1.54, 1.807) is 7.11 Å². The molecule has 0 saturated carbocycles. The largest absolute Gasteiger partial charge is 0.383 e. The lowest BCUT2D eigenvalue weighted by molar-refractivity contribution is 0.102. The third-order valence-electron chi connectivity index (χ3n) is 2.63. The summed E-state index contributed by atoms with van der Waals surface area (Å²) in [6.45, 7) is 1.17. The van der Waals surface area contributed by atoms with Crippen LogP contribution in [0.25, 0.3) is 0 Å². The van der Waals surface area contributed by atoms with Gasteiger partial charge in [-0.05, 0) is 28.1 Å². The zero-order valence-corrected chi connectivity index (χ0v) is 13.1. The predicted octanol–water partition coefficient (Wildman–Crippen LogP) is 2.55. The summed E-state index contributed by atoms with van der Waals surface area (Å²) in [6, 6.07) is 7.39. The molecule has 0 aliphatic rings. The van der Waals surface area contributed by atoms with Crippen molar-refractivity contribution in [3.63, 3.8) is 0 Å². The van der Waals surface area contributed by atoms with Crippen LogP contribution in [0.15, 0.2) is 41.1 Å². The Balaban J connectivity index is 1.98. The van der Waals surface area contributed by atoms with E-state index in [-0.39, 0.29) is 5.91 Å². The van der Waals surface area contributed by atoms with Crippen LogP contribution in [-0.2, 0) is 4.74 Å². The van der Waals surface area contributed by atoms with Gasteiger partial charge in [-0.3, -0.25) is 4.79 Å². The van der Waals surface area contributed by atoms with Crippen molar-refractivity contribution in [3.05, 3.63) is 46.7 Å². The molecule has 110 valence electrons. The summed E-state index contributed by atoms with van der Waals surface area (Å²) in [5.74, 6) is 0.204. The Bertz CT molecular complexity index is 604. The molecule has 1 aromatic heterocycles. The summed E-state index contributed by atoms with van der Waals surface area (Å²) in [5.41, 5.74) is 1.09. The summed E-state index contributed by atoms with van der Waals surface area (Å²) in [4.78, 5) is 20.3. The van der Waals surface area contributed by atoms with Gasteiger partial charge in [0.25, 0.3) is 5.91 Å². The minimum Gasteiger partial charge on any atom is -0.383 e. The molecule has 0 atom stereocenters. The van der Waals surface area contributed by atoms with E-state index < -0.39 is 0 Å². The lowest BCUT2D eigenvalue weighted by Crippen LogP contribution is -2.14. The summed E-state index contributed by atoms with van der Waals surface area (Å²) in [7, 11) is 1.62. The second kappa shape index (κ2) is 7.70. The second-order valence-corrected chi connectivity index (χ2v) is 5.00. The molecule has 0 fully saturated rings. The highest BCUT2D eigenvalue weighted by Crippen LogP contribution is 2.21. The van der Waals surface area contributed by atoms with Crippen molar-refractivity contribution in [2.45, 2.75) is 0 Å². The Morgan fingerprint density at radius 2 is 2.00 bits per heavy atom. The van der Waals surface area contributed by atoms with Gasteiger partial charge in [0.15, 0.2) is 0 Å². The number of halogens is 1. The molecule has 1 heterocycles. The van der Waals surface area contributed by atoms with E-state index in [9.17, 15) is 4.79 Å². The van der Waals surface area contributed by atoms with Crippen LogP contribution < -0.4 is 10.6 Å². The zero-order chi connectivity index (χ0) is 15.1. The molecule has 0 saturated heterocycles. The standard InChI is InChI=1S/C14H15BrN4O2/c1-21-7-6-16-14-17-8-10(9-18-14)13(20)19-12-5-3-2-4-11(12)15/h2-5,8-9H,6-7H2,1H3,(H,19,20)(H,16,17,18). The zero-order valence-electron chi connectivity index (χ0n) is 11.5. The Morgan fingerprint density at radius 3 is 2.67 bits per heavy atom. The fraction of sp³-hybridized carbons (Fsp3) is 0.214. The van der Waals surface area contributed by atoms with Crippen LogP contribution in [-0.4, -0.2) is 36.1 Å². The van der Waals surface area contributed by atoms with Gasteiger partial charge in [-0.1, -0.05) is 12.1 Å². The van der Waals surface area contributed by atoms with Gasteiger partial charge >= 0.3 is 0 Å². The highest BCUT2D eigenvalue weighted by Gasteiger charge is 2.09. The minimum absolute atomic E-state index is 0.259. The maximum absolute atomic E-state index is 12.1. The average molecular weight is 351 g/mol. The van der Waals surface area contributed by atoms with Crippen LogP contribution >= 0.6 is 15.9 Å². The number of anilines is 2. The smallest absolute Gasteiger partial charge is 0.258 e. The van der Waals surface area contributed by atoms with Crippen molar-refractivity contribution >= 4 is 33.5 Å². The number of para-hydroxylation sites is 1. The normalized spacial score (nSPS) is 10.2. The number of nitrogens with zero attached hydrogens (tertiary/aromatic N) is 2. The van der Waals surface area contributed by atoms with Gasteiger partial charge in [-0.2, -0.15) is 0 Å². The van der Waals surface area contributed by atoms with E-state index in [2.05, 4.69) is 36.5 Å². The van der Waals surface area contributed by atoms with Crippen molar-refractivity contribution < 1.29 is 9.53 Å². The lowest BCUT2D eigenvalue weighted by Gasteiger charge is -2.07. The highest BCUT2D eigenvalue weighted by atomic mass is 79.9. The van der Waals surface area contributed by atoms with Crippen molar-refractivity contribution in [1.82, 2.24) is 9.97 Å². The average Bonchev–Trinajstić information content (AvgIpc) is 2.50. The van der Waals surface area contributed by atoms with E-state index in [0.29, 0.717) is 30.4 Å². The second-order valence-electron chi connectivity index (χ2n) is 4.15. The molecule has 0 radical (unpaired) electrons. The molecule has 21 heavy (non-hydrogen) atoms. The maximum Gasteiger partial charge on any atom is 0.258 e. The first-order valence-corrected chi connectivity index (χ1v) is 7.10. The van der Waals surface area contributed by atoms with E-state index in [4.69, 9.17) is 4.74 Å². The number of methoxy groups -OCH3 is 1. The van der Waals surface area contributed by atoms with Crippen LogP contribution in [0.5, 0.6) is 0 Å². The molecule has 0 bridgehead atoms. The lowest BCUT2D eigenvalue weighted by atomic mass is 10.3. The van der Waals surface area contributed by atoms with E-state index in [0.717, 1.165) is 4.47 Å². The van der Waals surface area contributed by atoms with Crippen LogP contribution in [0, 0.1) is 0 Å². The van der Waals surface area contributed by atoms with Crippen LogP contribution in [0.3, 0.4) is 0 Å². The fourth-order valence-corrected chi connectivity index (χ4v) is 1.94. The Kier molecular flexibility index (Phi) is 5.65. The van der Waals surface area contributed by atoms with Crippen molar-refractivity contribution in [2.75, 3.05) is 30.9 Å². The maximum atomic E-state index is 12.1. The quantitative estimate of drug-likeness (QED) is 0.783. The molecule has 1 aromatic carbocycles. The van der Waals surface area contributed by atoms with Crippen LogP contribution in [0.1, 0.15) is 10.4 Å². The van der Waals surface area contributed by atoms with Crippen molar-refractivity contribution in [3.8, 4) is 0 Å². The number of amides is 1. The molecule has 6 nitrogen and oxygen atoms in total. The molecule has 0 aliphatic carbocycles. The van der Waals surface area contributed by atoms with Gasteiger partial charge in [0, 0.05) is 30.5 Å². The summed E-state index contributed by atoms with van der Waals surface area (Å²) in [5, 5.41) is 5.78. The number of aromatic nitrogens is 2. The van der Waals surface area contributed by atoms with Crippen LogP contribution in [0.2, 0.25) is 0 Å². The molecule has 0 unspecified atom stereocenters. The van der Waals surface area contributed by atoms with E-state index >= 15 is 0 Å². The van der Waals surface area contributed by atoms with Crippen LogP contribution in [0.4, 0.5) is 11.6 Å². The molecular formula is C14H15BrN4O2. The Morgan fingerprint density at radius 1 is 1.29 bits per heavy atom. The first-order chi connectivity index (χ1) is 10.2. The van der Waals surface area contributed by atoms with Gasteiger partial charge in [0.1, 0.15) is 0 Å². The molecular weight excluding hydrogens is 336 g/mol. The molecule has 2 N–H and O–H groups in total. The molecule has 0 aliphatic heterocycles. The van der Waals surface area contributed by atoms with Gasteiger partial charge < -0.3 is 15.4 Å². The number of rotatable bonds is 6. The Hall–Kier alpha value is -1.99. The molecule has 2 aromatic rings. The van der Waals surface area contributed by atoms with Gasteiger partial charge in [-0.15, -0.1) is 0 Å². The summed E-state index contributed by atoms with van der Waals surface area (Å²) >= 11 is 3.38. The van der Waals surface area contributed by atoms with Gasteiger partial charge in [-0.25, -0.2) is 9.97 Å². The topological polar surface area (TPSA) is 76.1 Å². The SMILES string of the molecule is COCCNc1ncc(C(=O)Nc2ccccc2Br)cn1. The van der Waals surface area contributed by atoms with E-state index in [1.165, 1.54) is 12.4 Å². The minimum atomic E-state index is -0.259. The number of benzene rings is 1. The molecule has 0 spiro atoms. The first-order valence-electron chi connectivity index (χ1n) is 6.31. The first kappa shape index (κ1) is 15.4. The Labute approximate surface area is 131 Å². The fourth-order valence-electron chi connectivity index (χ4n) is 1.56.